The van der Waals surface area contributed by atoms with E-state index in [-0.39, 0.29) is 36.0 Å². The lowest BCUT2D eigenvalue weighted by Crippen LogP contribution is -2.56. The summed E-state index contributed by atoms with van der Waals surface area (Å²) in [4.78, 5) is 1.76. The van der Waals surface area contributed by atoms with Crippen LogP contribution in [0.2, 0.25) is 0 Å². The molecule has 1 aromatic carbocycles. The van der Waals surface area contributed by atoms with Crippen LogP contribution in [0.5, 0.6) is 0 Å². The fourth-order valence-electron chi connectivity index (χ4n) is 3.22. The average Bonchev–Trinajstić information content (AvgIpc) is 3.22. The van der Waals surface area contributed by atoms with Crippen LogP contribution < -0.4 is 4.90 Å². The van der Waals surface area contributed by atoms with Gasteiger partial charge in [-0.25, -0.2) is 8.42 Å². The summed E-state index contributed by atoms with van der Waals surface area (Å²) in [6.45, 7) is 0.869. The molecule has 2 N–H and O–H groups in total. The third kappa shape index (κ3) is 4.15. The molecule has 0 bridgehead atoms. The number of rotatable bonds is 5. The zero-order valence-corrected chi connectivity index (χ0v) is 17.1. The number of thiophene rings is 1. The molecule has 3 rings (SSSR count). The Labute approximate surface area is 170 Å². The zero-order chi connectivity index (χ0) is 21.4. The van der Waals surface area contributed by atoms with E-state index in [4.69, 9.17) is 0 Å². The molecule has 0 amide bonds. The normalized spacial score (nSPS) is 21.2. The van der Waals surface area contributed by atoms with Crippen molar-refractivity contribution in [1.82, 2.24) is 4.31 Å². The lowest BCUT2D eigenvalue weighted by molar-refractivity contribution is -0.258. The van der Waals surface area contributed by atoms with Gasteiger partial charge in [0.05, 0.1) is 12.6 Å². The summed E-state index contributed by atoms with van der Waals surface area (Å²) in [5, 5.41) is 21.2. The number of piperazine rings is 1. The summed E-state index contributed by atoms with van der Waals surface area (Å²) in [5.74, 6) is 0. The number of hydrogen-bond acceptors (Lipinski definition) is 6. The molecule has 11 heteroatoms. The second kappa shape index (κ2) is 7.88. The molecule has 0 unspecified atom stereocenters. The Hall–Kier alpha value is -1.66. The molecule has 0 aliphatic carbocycles. The Morgan fingerprint density at radius 3 is 2.34 bits per heavy atom. The predicted octanol–water partition coefficient (Wildman–Crippen LogP) is 2.39. The molecule has 1 saturated heterocycles. The SMILES string of the molecule is C[C@@](O)(c1ccc(N2CCN(S(=O)(=O)c3cccs3)C[C@@H]2CO)cc1)C(F)(F)F. The molecule has 0 saturated carbocycles. The highest BCUT2D eigenvalue weighted by atomic mass is 32.2. The first kappa shape index (κ1) is 22.0. The Balaban J connectivity index is 1.79. The van der Waals surface area contributed by atoms with Crippen molar-refractivity contribution in [3.8, 4) is 0 Å². The van der Waals surface area contributed by atoms with E-state index >= 15 is 0 Å². The summed E-state index contributed by atoms with van der Waals surface area (Å²) in [7, 11) is -3.65. The molecule has 1 aliphatic heterocycles. The van der Waals surface area contributed by atoms with Gasteiger partial charge in [0, 0.05) is 25.3 Å². The molecule has 29 heavy (non-hydrogen) atoms. The Morgan fingerprint density at radius 2 is 1.83 bits per heavy atom. The first-order valence-electron chi connectivity index (χ1n) is 8.79. The maximum atomic E-state index is 13.0. The van der Waals surface area contributed by atoms with E-state index in [1.54, 1.807) is 16.3 Å². The van der Waals surface area contributed by atoms with Gasteiger partial charge in [0.15, 0.2) is 5.60 Å². The van der Waals surface area contributed by atoms with Gasteiger partial charge in [0.2, 0.25) is 0 Å². The summed E-state index contributed by atoms with van der Waals surface area (Å²) in [6.07, 6.45) is -4.82. The predicted molar refractivity (Wildman–Crippen MR) is 103 cm³/mol. The molecular formula is C18H21F3N2O4S2. The standard InChI is InChI=1S/C18H21F3N2O4S2/c1-17(25,18(19,20)21)13-4-6-14(7-5-13)23-9-8-22(11-15(23)12-24)29(26,27)16-3-2-10-28-16/h2-7,10,15,24-25H,8-9,11-12H2,1H3/t15-,17-/m1/s1. The number of benzene rings is 1. The number of aliphatic hydroxyl groups excluding tert-OH is 1. The number of sulfonamides is 1. The fourth-order valence-corrected chi connectivity index (χ4v) is 5.83. The maximum absolute atomic E-state index is 13.0. The first-order valence-corrected chi connectivity index (χ1v) is 11.1. The third-order valence-corrected chi connectivity index (χ3v) is 8.30. The largest absolute Gasteiger partial charge is 0.421 e. The highest BCUT2D eigenvalue weighted by molar-refractivity contribution is 7.91. The van der Waals surface area contributed by atoms with Crippen LogP contribution in [-0.4, -0.2) is 61.4 Å². The monoisotopic (exact) mass is 450 g/mol. The van der Waals surface area contributed by atoms with Crippen molar-refractivity contribution in [3.63, 3.8) is 0 Å². The van der Waals surface area contributed by atoms with Crippen molar-refractivity contribution < 1.29 is 31.8 Å². The fraction of sp³-hybridized carbons (Fsp3) is 0.444. The van der Waals surface area contributed by atoms with E-state index < -0.39 is 27.8 Å². The smallest absolute Gasteiger partial charge is 0.394 e. The van der Waals surface area contributed by atoms with Gasteiger partial charge in [-0.1, -0.05) is 18.2 Å². The second-order valence-electron chi connectivity index (χ2n) is 6.94. The summed E-state index contributed by atoms with van der Waals surface area (Å²) in [5.41, 5.74) is -2.73. The van der Waals surface area contributed by atoms with Crippen LogP contribution in [0.4, 0.5) is 18.9 Å². The van der Waals surface area contributed by atoms with Crippen molar-refractivity contribution >= 4 is 27.0 Å². The highest BCUT2D eigenvalue weighted by Gasteiger charge is 2.51. The Kier molecular flexibility index (Phi) is 5.98. The topological polar surface area (TPSA) is 81.1 Å². The summed E-state index contributed by atoms with van der Waals surface area (Å²) < 4.78 is 66.0. The van der Waals surface area contributed by atoms with Gasteiger partial charge in [0.1, 0.15) is 4.21 Å². The van der Waals surface area contributed by atoms with Crippen molar-refractivity contribution in [3.05, 3.63) is 47.3 Å². The molecule has 160 valence electrons. The molecule has 1 aromatic heterocycles. The molecule has 0 radical (unpaired) electrons. The third-order valence-electron chi connectivity index (χ3n) is 5.06. The van der Waals surface area contributed by atoms with E-state index in [1.165, 1.54) is 34.6 Å². The molecular weight excluding hydrogens is 429 g/mol. The molecule has 0 spiro atoms. The number of halogens is 3. The molecule has 2 atom stereocenters. The van der Waals surface area contributed by atoms with Gasteiger partial charge in [-0.2, -0.15) is 17.5 Å². The lowest BCUT2D eigenvalue weighted by atomic mass is 9.95. The average molecular weight is 451 g/mol. The van der Waals surface area contributed by atoms with Gasteiger partial charge in [-0.05, 0) is 36.1 Å². The van der Waals surface area contributed by atoms with Gasteiger partial charge in [-0.3, -0.25) is 0 Å². The van der Waals surface area contributed by atoms with E-state index in [0.717, 1.165) is 11.3 Å². The lowest BCUT2D eigenvalue weighted by Gasteiger charge is -2.41. The van der Waals surface area contributed by atoms with Crippen LogP contribution in [-0.2, 0) is 15.6 Å². The van der Waals surface area contributed by atoms with Crippen LogP contribution >= 0.6 is 11.3 Å². The van der Waals surface area contributed by atoms with E-state index in [9.17, 15) is 31.8 Å². The van der Waals surface area contributed by atoms with Crippen molar-refractivity contribution in [2.45, 2.75) is 29.0 Å². The Bertz CT molecular complexity index is 929. The number of alkyl halides is 3. The Morgan fingerprint density at radius 1 is 1.17 bits per heavy atom. The van der Waals surface area contributed by atoms with Gasteiger partial charge >= 0.3 is 6.18 Å². The maximum Gasteiger partial charge on any atom is 0.421 e. The van der Waals surface area contributed by atoms with Crippen LogP contribution in [0.25, 0.3) is 0 Å². The van der Waals surface area contributed by atoms with E-state index in [2.05, 4.69) is 0 Å². The minimum Gasteiger partial charge on any atom is -0.394 e. The van der Waals surface area contributed by atoms with Gasteiger partial charge < -0.3 is 15.1 Å². The van der Waals surface area contributed by atoms with Gasteiger partial charge in [0.25, 0.3) is 10.0 Å². The minimum absolute atomic E-state index is 0.0543. The zero-order valence-electron chi connectivity index (χ0n) is 15.5. The molecule has 1 aliphatic rings. The van der Waals surface area contributed by atoms with Crippen LogP contribution in [0, 0.1) is 0 Å². The van der Waals surface area contributed by atoms with Crippen LogP contribution in [0.15, 0.2) is 46.0 Å². The molecule has 2 aromatic rings. The summed E-state index contributed by atoms with van der Waals surface area (Å²) in [6, 6.07) is 7.86. The number of anilines is 1. The second-order valence-corrected chi connectivity index (χ2v) is 10.1. The molecule has 1 fully saturated rings. The van der Waals surface area contributed by atoms with Crippen LogP contribution in [0.3, 0.4) is 0 Å². The van der Waals surface area contributed by atoms with E-state index in [1.807, 2.05) is 0 Å². The highest BCUT2D eigenvalue weighted by Crippen LogP contribution is 2.39. The number of aliphatic hydroxyl groups is 2. The van der Waals surface area contributed by atoms with Crippen molar-refractivity contribution in [1.29, 1.82) is 0 Å². The quantitative estimate of drug-likeness (QED) is 0.731. The van der Waals surface area contributed by atoms with E-state index in [0.29, 0.717) is 12.6 Å². The van der Waals surface area contributed by atoms with Crippen molar-refractivity contribution in [2.24, 2.45) is 0 Å². The summed E-state index contributed by atoms with van der Waals surface area (Å²) >= 11 is 1.11. The number of hydrogen-bond donors (Lipinski definition) is 2. The minimum atomic E-state index is -4.82. The van der Waals surface area contributed by atoms with Gasteiger partial charge in [-0.15, -0.1) is 11.3 Å². The van der Waals surface area contributed by atoms with Crippen molar-refractivity contribution in [2.75, 3.05) is 31.1 Å². The van der Waals surface area contributed by atoms with Crippen LogP contribution in [0.1, 0.15) is 12.5 Å². The molecule has 6 nitrogen and oxygen atoms in total. The molecule has 2 heterocycles. The first-order chi connectivity index (χ1) is 13.5. The number of nitrogens with zero attached hydrogens (tertiary/aromatic N) is 2.